The minimum absolute atomic E-state index is 0.140. The lowest BCUT2D eigenvalue weighted by Gasteiger charge is -2.09. The molecule has 0 saturated carbocycles. The van der Waals surface area contributed by atoms with E-state index in [0.717, 1.165) is 0 Å². The lowest BCUT2D eigenvalue weighted by atomic mass is 10.1. The normalized spacial score (nSPS) is 10.2. The average molecular weight is 291 g/mol. The predicted molar refractivity (Wildman–Crippen MR) is 76.5 cm³/mol. The Labute approximate surface area is 123 Å². The molecule has 1 rings (SSSR count). The number of rotatable bonds is 7. The third-order valence-electron chi connectivity index (χ3n) is 2.66. The summed E-state index contributed by atoms with van der Waals surface area (Å²) in [5.41, 5.74) is 1.02. The van der Waals surface area contributed by atoms with E-state index in [1.54, 1.807) is 24.3 Å². The molecule has 2 N–H and O–H groups in total. The molecule has 0 atom stereocenters. The Morgan fingerprint density at radius 1 is 1.10 bits per heavy atom. The topological polar surface area (TPSA) is 98.3 Å². The van der Waals surface area contributed by atoms with Crippen LogP contribution < -0.4 is 15.7 Å². The number of hydrogen-bond acceptors (Lipinski definition) is 4. The van der Waals surface area contributed by atoms with Gasteiger partial charge in [-0.1, -0.05) is 13.8 Å². The number of aliphatic carboxylic acids is 1. The molecule has 0 aromatic heterocycles. The fourth-order valence-electron chi connectivity index (χ4n) is 1.54. The van der Waals surface area contributed by atoms with Crippen LogP contribution in [0.15, 0.2) is 24.3 Å². The van der Waals surface area contributed by atoms with E-state index in [9.17, 15) is 19.5 Å². The van der Waals surface area contributed by atoms with E-state index in [0.29, 0.717) is 23.7 Å². The zero-order valence-electron chi connectivity index (χ0n) is 12.1. The lowest BCUT2D eigenvalue weighted by molar-refractivity contribution is -0.305. The zero-order valence-corrected chi connectivity index (χ0v) is 12.1. The molecule has 0 radical (unpaired) electrons. The second kappa shape index (κ2) is 8.04. The molecule has 0 saturated heterocycles. The van der Waals surface area contributed by atoms with Gasteiger partial charge in [0, 0.05) is 30.2 Å². The van der Waals surface area contributed by atoms with Gasteiger partial charge in [0.05, 0.1) is 0 Å². The van der Waals surface area contributed by atoms with E-state index >= 15 is 0 Å². The molecule has 0 unspecified atom stereocenters. The number of anilines is 1. The monoisotopic (exact) mass is 291 g/mol. The van der Waals surface area contributed by atoms with Crippen molar-refractivity contribution >= 4 is 23.5 Å². The van der Waals surface area contributed by atoms with Gasteiger partial charge < -0.3 is 20.5 Å². The Morgan fingerprint density at radius 3 is 2.24 bits per heavy atom. The lowest BCUT2D eigenvalue weighted by Crippen LogP contribution is -2.27. The summed E-state index contributed by atoms with van der Waals surface area (Å²) in [4.78, 5) is 33.5. The Kier molecular flexibility index (Phi) is 6.39. The number of amides is 2. The largest absolute Gasteiger partial charge is 0.550 e. The minimum atomic E-state index is -1.26. The van der Waals surface area contributed by atoms with Crippen LogP contribution in [0, 0.1) is 5.92 Å². The van der Waals surface area contributed by atoms with Crippen molar-refractivity contribution in [1.82, 2.24) is 5.32 Å². The average Bonchev–Trinajstić information content (AvgIpc) is 2.43. The molecule has 0 aliphatic rings. The maximum Gasteiger partial charge on any atom is 0.251 e. The van der Waals surface area contributed by atoms with Crippen molar-refractivity contribution in [3.63, 3.8) is 0 Å². The number of nitrogens with one attached hydrogen (secondary N) is 2. The first-order valence-corrected chi connectivity index (χ1v) is 6.76. The first-order chi connectivity index (χ1) is 9.88. The summed E-state index contributed by atoms with van der Waals surface area (Å²) in [7, 11) is 0. The van der Waals surface area contributed by atoms with E-state index in [2.05, 4.69) is 10.6 Å². The molecule has 6 nitrogen and oxygen atoms in total. The molecule has 0 aliphatic carbocycles. The molecule has 0 bridgehead atoms. The second-order valence-corrected chi connectivity index (χ2v) is 5.10. The van der Waals surface area contributed by atoms with Crippen molar-refractivity contribution in [3.05, 3.63) is 29.8 Å². The van der Waals surface area contributed by atoms with Crippen LogP contribution in [-0.4, -0.2) is 24.3 Å². The molecule has 2 amide bonds. The summed E-state index contributed by atoms with van der Waals surface area (Å²) in [6.45, 7) is 4.61. The van der Waals surface area contributed by atoms with E-state index < -0.39 is 11.9 Å². The molecule has 6 heteroatoms. The predicted octanol–water partition coefficient (Wildman–Crippen LogP) is 0.541. The maximum absolute atomic E-state index is 11.8. The summed E-state index contributed by atoms with van der Waals surface area (Å²) >= 11 is 0. The standard InChI is InChI=1S/C15H20N2O4/c1-10(2)9-16-15(21)11-3-5-12(6-4-11)17-13(18)7-8-14(19)20/h3-6,10H,7-9H2,1-2H3,(H,16,21)(H,17,18)(H,19,20)/p-1. The molecule has 0 fully saturated rings. The van der Waals surface area contributed by atoms with Crippen LogP contribution in [0.5, 0.6) is 0 Å². The Balaban J connectivity index is 2.51. The number of carbonyl (C=O) groups excluding carboxylic acids is 3. The quantitative estimate of drug-likeness (QED) is 0.766. The van der Waals surface area contributed by atoms with Crippen molar-refractivity contribution in [2.75, 3.05) is 11.9 Å². The molecule has 0 aliphatic heterocycles. The third kappa shape index (κ3) is 6.56. The Bertz CT molecular complexity index is 509. The van der Waals surface area contributed by atoms with Crippen molar-refractivity contribution in [3.8, 4) is 0 Å². The summed E-state index contributed by atoms with van der Waals surface area (Å²) in [5.74, 6) is -1.46. The van der Waals surface area contributed by atoms with Gasteiger partial charge in [0.15, 0.2) is 0 Å². The SMILES string of the molecule is CC(C)CNC(=O)c1ccc(NC(=O)CCC(=O)[O-])cc1. The number of hydrogen-bond donors (Lipinski definition) is 2. The maximum atomic E-state index is 11.8. The van der Waals surface area contributed by atoms with E-state index in [4.69, 9.17) is 0 Å². The summed E-state index contributed by atoms with van der Waals surface area (Å²) in [6, 6.07) is 6.40. The Morgan fingerprint density at radius 2 is 1.71 bits per heavy atom. The summed E-state index contributed by atoms with van der Waals surface area (Å²) in [5, 5.41) is 15.6. The molecular formula is C15H19N2O4-. The van der Waals surface area contributed by atoms with Gasteiger partial charge in [-0.05, 0) is 36.6 Å². The molecule has 1 aromatic rings. The minimum Gasteiger partial charge on any atom is -0.550 e. The van der Waals surface area contributed by atoms with Gasteiger partial charge in [0.2, 0.25) is 5.91 Å². The molecule has 0 spiro atoms. The molecular weight excluding hydrogens is 272 g/mol. The third-order valence-corrected chi connectivity index (χ3v) is 2.66. The van der Waals surface area contributed by atoms with Crippen molar-refractivity contribution in [2.45, 2.75) is 26.7 Å². The van der Waals surface area contributed by atoms with E-state index in [1.165, 1.54) is 0 Å². The van der Waals surface area contributed by atoms with E-state index in [-0.39, 0.29) is 18.7 Å². The highest BCUT2D eigenvalue weighted by Gasteiger charge is 2.07. The van der Waals surface area contributed by atoms with Gasteiger partial charge in [-0.2, -0.15) is 0 Å². The fourth-order valence-corrected chi connectivity index (χ4v) is 1.54. The fraction of sp³-hybridized carbons (Fsp3) is 0.400. The van der Waals surface area contributed by atoms with E-state index in [1.807, 2.05) is 13.8 Å². The van der Waals surface area contributed by atoms with Crippen LogP contribution in [0.4, 0.5) is 5.69 Å². The van der Waals surface area contributed by atoms with Gasteiger partial charge in [0.25, 0.3) is 5.91 Å². The first-order valence-electron chi connectivity index (χ1n) is 6.76. The van der Waals surface area contributed by atoms with Gasteiger partial charge in [-0.25, -0.2) is 0 Å². The molecule has 0 heterocycles. The number of carboxylic acids is 1. The van der Waals surface area contributed by atoms with Gasteiger partial charge >= 0.3 is 0 Å². The number of carboxylic acid groups (broad SMARTS) is 1. The van der Waals surface area contributed by atoms with Crippen molar-refractivity contribution < 1.29 is 19.5 Å². The van der Waals surface area contributed by atoms with Crippen molar-refractivity contribution in [2.24, 2.45) is 5.92 Å². The van der Waals surface area contributed by atoms with Gasteiger partial charge in [-0.15, -0.1) is 0 Å². The van der Waals surface area contributed by atoms with Gasteiger partial charge in [-0.3, -0.25) is 9.59 Å². The molecule has 21 heavy (non-hydrogen) atoms. The highest BCUT2D eigenvalue weighted by atomic mass is 16.4. The number of carbonyl (C=O) groups is 3. The zero-order chi connectivity index (χ0) is 15.8. The van der Waals surface area contributed by atoms with Gasteiger partial charge in [0.1, 0.15) is 0 Å². The smallest absolute Gasteiger partial charge is 0.251 e. The van der Waals surface area contributed by atoms with Crippen LogP contribution >= 0.6 is 0 Å². The van der Waals surface area contributed by atoms with Crippen LogP contribution in [0.25, 0.3) is 0 Å². The molecule has 114 valence electrons. The van der Waals surface area contributed by atoms with Crippen LogP contribution in [-0.2, 0) is 9.59 Å². The van der Waals surface area contributed by atoms with Crippen LogP contribution in [0.3, 0.4) is 0 Å². The summed E-state index contributed by atoms with van der Waals surface area (Å²) in [6.07, 6.45) is -0.458. The van der Waals surface area contributed by atoms with Crippen LogP contribution in [0.1, 0.15) is 37.0 Å². The first kappa shape index (κ1) is 16.7. The summed E-state index contributed by atoms with van der Waals surface area (Å²) < 4.78 is 0. The molecule has 1 aromatic carbocycles. The second-order valence-electron chi connectivity index (χ2n) is 5.10. The van der Waals surface area contributed by atoms with Crippen molar-refractivity contribution in [1.29, 1.82) is 0 Å². The highest BCUT2D eigenvalue weighted by molar-refractivity contribution is 5.96. The highest BCUT2D eigenvalue weighted by Crippen LogP contribution is 2.10. The van der Waals surface area contributed by atoms with Crippen LogP contribution in [0.2, 0.25) is 0 Å². The number of benzene rings is 1. The Hall–Kier alpha value is -2.37.